The molecule has 0 heterocycles. The van der Waals surface area contributed by atoms with Crippen LogP contribution in [0, 0.1) is 6.92 Å². The molecule has 1 rings (SSSR count). The van der Waals surface area contributed by atoms with Gasteiger partial charge in [0.25, 0.3) is 0 Å². The Morgan fingerprint density at radius 3 is 2.79 bits per heavy atom. The van der Waals surface area contributed by atoms with Crippen LogP contribution in [0.1, 0.15) is 18.1 Å². The molecule has 0 bridgehead atoms. The first-order chi connectivity index (χ1) is 6.63. The van der Waals surface area contributed by atoms with Gasteiger partial charge in [0, 0.05) is 4.47 Å². The van der Waals surface area contributed by atoms with E-state index in [2.05, 4.69) is 15.9 Å². The Bertz CT molecular complexity index is 334. The van der Waals surface area contributed by atoms with Crippen LogP contribution in [0.25, 0.3) is 0 Å². The van der Waals surface area contributed by atoms with Crippen molar-refractivity contribution in [1.82, 2.24) is 0 Å². The number of carbonyl (C=O) groups is 1. The van der Waals surface area contributed by atoms with Gasteiger partial charge in [-0.3, -0.25) is 4.79 Å². The van der Waals surface area contributed by atoms with Gasteiger partial charge in [0.05, 0.1) is 13.0 Å². The average molecular weight is 257 g/mol. The van der Waals surface area contributed by atoms with Crippen molar-refractivity contribution in [2.75, 3.05) is 6.61 Å². The third-order valence-corrected chi connectivity index (χ3v) is 2.59. The maximum atomic E-state index is 11.2. The van der Waals surface area contributed by atoms with Gasteiger partial charge in [-0.1, -0.05) is 28.1 Å². The zero-order valence-electron chi connectivity index (χ0n) is 8.34. The Labute approximate surface area is 92.4 Å². The summed E-state index contributed by atoms with van der Waals surface area (Å²) in [6, 6.07) is 5.92. The lowest BCUT2D eigenvalue weighted by Crippen LogP contribution is -2.07. The number of esters is 1. The Morgan fingerprint density at radius 1 is 1.50 bits per heavy atom. The number of rotatable bonds is 3. The summed E-state index contributed by atoms with van der Waals surface area (Å²) in [5, 5.41) is 0. The number of halogens is 1. The first-order valence-corrected chi connectivity index (χ1v) is 5.33. The summed E-state index contributed by atoms with van der Waals surface area (Å²) in [5.74, 6) is -0.183. The summed E-state index contributed by atoms with van der Waals surface area (Å²) in [6.45, 7) is 4.25. The van der Waals surface area contributed by atoms with Gasteiger partial charge in [-0.15, -0.1) is 0 Å². The molecule has 1 aromatic rings. The van der Waals surface area contributed by atoms with E-state index in [1.807, 2.05) is 32.0 Å². The summed E-state index contributed by atoms with van der Waals surface area (Å²) in [4.78, 5) is 11.2. The smallest absolute Gasteiger partial charge is 0.310 e. The molecular formula is C11H13BrO2. The lowest BCUT2D eigenvalue weighted by atomic mass is 10.1. The number of ether oxygens (including phenoxy) is 1. The van der Waals surface area contributed by atoms with Crippen molar-refractivity contribution >= 4 is 21.9 Å². The molecule has 0 saturated heterocycles. The minimum Gasteiger partial charge on any atom is -0.466 e. The monoisotopic (exact) mass is 256 g/mol. The van der Waals surface area contributed by atoms with Gasteiger partial charge in [-0.05, 0) is 31.0 Å². The quantitative estimate of drug-likeness (QED) is 0.778. The van der Waals surface area contributed by atoms with Crippen molar-refractivity contribution in [3.63, 3.8) is 0 Å². The Kier molecular flexibility index (Phi) is 4.14. The molecule has 0 N–H and O–H groups in total. The molecule has 1 aromatic carbocycles. The molecule has 0 aliphatic rings. The van der Waals surface area contributed by atoms with Crippen LogP contribution in [0.3, 0.4) is 0 Å². The molecule has 0 amide bonds. The van der Waals surface area contributed by atoms with E-state index < -0.39 is 0 Å². The topological polar surface area (TPSA) is 26.3 Å². The molecule has 0 aromatic heterocycles. The van der Waals surface area contributed by atoms with Crippen molar-refractivity contribution in [3.05, 3.63) is 33.8 Å². The number of hydrogen-bond acceptors (Lipinski definition) is 2. The molecule has 0 saturated carbocycles. The molecule has 14 heavy (non-hydrogen) atoms. The highest BCUT2D eigenvalue weighted by atomic mass is 79.9. The highest BCUT2D eigenvalue weighted by molar-refractivity contribution is 9.10. The highest BCUT2D eigenvalue weighted by Crippen LogP contribution is 2.19. The first kappa shape index (κ1) is 11.2. The van der Waals surface area contributed by atoms with Gasteiger partial charge < -0.3 is 4.74 Å². The standard InChI is InChI=1S/C11H13BrO2/c1-3-14-11(13)7-9-5-4-8(2)6-10(9)12/h4-6H,3,7H2,1-2H3. The van der Waals surface area contributed by atoms with Crippen LogP contribution >= 0.6 is 15.9 Å². The van der Waals surface area contributed by atoms with Crippen LogP contribution < -0.4 is 0 Å². The van der Waals surface area contributed by atoms with Gasteiger partial charge in [0.1, 0.15) is 0 Å². The second kappa shape index (κ2) is 5.15. The summed E-state index contributed by atoms with van der Waals surface area (Å²) < 4.78 is 5.83. The van der Waals surface area contributed by atoms with Crippen molar-refractivity contribution in [3.8, 4) is 0 Å². The minimum absolute atomic E-state index is 0.183. The van der Waals surface area contributed by atoms with Gasteiger partial charge in [0.15, 0.2) is 0 Å². The Morgan fingerprint density at radius 2 is 2.21 bits per heavy atom. The number of aryl methyl sites for hydroxylation is 1. The van der Waals surface area contributed by atoms with E-state index >= 15 is 0 Å². The molecule has 2 nitrogen and oxygen atoms in total. The summed E-state index contributed by atoms with van der Waals surface area (Å²) in [5.41, 5.74) is 2.14. The third kappa shape index (κ3) is 3.14. The highest BCUT2D eigenvalue weighted by Gasteiger charge is 2.06. The molecule has 0 spiro atoms. The van der Waals surface area contributed by atoms with E-state index in [0.29, 0.717) is 13.0 Å². The molecule has 0 fully saturated rings. The van der Waals surface area contributed by atoms with Crippen LogP contribution in [-0.2, 0) is 16.0 Å². The second-order valence-corrected chi connectivity index (χ2v) is 3.93. The molecule has 76 valence electrons. The zero-order chi connectivity index (χ0) is 10.6. The fraction of sp³-hybridized carbons (Fsp3) is 0.364. The van der Waals surface area contributed by atoms with E-state index in [1.165, 1.54) is 5.56 Å². The predicted molar refractivity (Wildman–Crippen MR) is 59.2 cm³/mol. The summed E-state index contributed by atoms with van der Waals surface area (Å²) in [6.07, 6.45) is 0.328. The lowest BCUT2D eigenvalue weighted by Gasteiger charge is -2.05. The van der Waals surface area contributed by atoms with Crippen molar-refractivity contribution in [2.24, 2.45) is 0 Å². The Balaban J connectivity index is 2.72. The van der Waals surface area contributed by atoms with Crippen LogP contribution in [0.15, 0.2) is 22.7 Å². The number of benzene rings is 1. The van der Waals surface area contributed by atoms with Crippen molar-refractivity contribution in [2.45, 2.75) is 20.3 Å². The summed E-state index contributed by atoms with van der Waals surface area (Å²) in [7, 11) is 0. The first-order valence-electron chi connectivity index (χ1n) is 4.54. The largest absolute Gasteiger partial charge is 0.466 e. The molecule has 0 radical (unpaired) electrons. The number of hydrogen-bond donors (Lipinski definition) is 0. The van der Waals surface area contributed by atoms with Crippen LogP contribution in [-0.4, -0.2) is 12.6 Å². The van der Waals surface area contributed by atoms with Gasteiger partial charge in [-0.25, -0.2) is 0 Å². The van der Waals surface area contributed by atoms with E-state index in [1.54, 1.807) is 0 Å². The zero-order valence-corrected chi connectivity index (χ0v) is 9.93. The van der Waals surface area contributed by atoms with Gasteiger partial charge >= 0.3 is 5.97 Å². The van der Waals surface area contributed by atoms with E-state index in [0.717, 1.165) is 10.0 Å². The molecule has 0 unspecified atom stereocenters. The molecule has 0 atom stereocenters. The third-order valence-electron chi connectivity index (χ3n) is 1.85. The summed E-state index contributed by atoms with van der Waals surface area (Å²) >= 11 is 3.42. The van der Waals surface area contributed by atoms with Crippen LogP contribution in [0.5, 0.6) is 0 Å². The fourth-order valence-electron chi connectivity index (χ4n) is 1.16. The fourth-order valence-corrected chi connectivity index (χ4v) is 1.80. The minimum atomic E-state index is -0.183. The number of carbonyl (C=O) groups excluding carboxylic acids is 1. The van der Waals surface area contributed by atoms with E-state index in [-0.39, 0.29) is 5.97 Å². The second-order valence-electron chi connectivity index (χ2n) is 3.08. The van der Waals surface area contributed by atoms with Crippen molar-refractivity contribution in [1.29, 1.82) is 0 Å². The SMILES string of the molecule is CCOC(=O)Cc1ccc(C)cc1Br. The van der Waals surface area contributed by atoms with Crippen molar-refractivity contribution < 1.29 is 9.53 Å². The average Bonchev–Trinajstić information content (AvgIpc) is 2.10. The molecule has 0 aliphatic heterocycles. The van der Waals surface area contributed by atoms with Gasteiger partial charge in [0.2, 0.25) is 0 Å². The van der Waals surface area contributed by atoms with Gasteiger partial charge in [-0.2, -0.15) is 0 Å². The Hall–Kier alpha value is -0.830. The van der Waals surface area contributed by atoms with E-state index in [9.17, 15) is 4.79 Å². The van der Waals surface area contributed by atoms with Crippen LogP contribution in [0.2, 0.25) is 0 Å². The predicted octanol–water partition coefficient (Wildman–Crippen LogP) is 2.86. The molecule has 0 aliphatic carbocycles. The maximum Gasteiger partial charge on any atom is 0.310 e. The van der Waals surface area contributed by atoms with Crippen LogP contribution in [0.4, 0.5) is 0 Å². The normalized spacial score (nSPS) is 9.93. The maximum absolute atomic E-state index is 11.2. The molecule has 3 heteroatoms. The molecular weight excluding hydrogens is 244 g/mol. The van der Waals surface area contributed by atoms with E-state index in [4.69, 9.17) is 4.74 Å². The lowest BCUT2D eigenvalue weighted by molar-refractivity contribution is -0.142.